The maximum Gasteiger partial charge on any atom is 0.256 e. The molecular weight excluding hydrogens is 382 g/mol. The van der Waals surface area contributed by atoms with Crippen LogP contribution in [0.4, 0.5) is 5.69 Å². The highest BCUT2D eigenvalue weighted by Gasteiger charge is 2.24. The van der Waals surface area contributed by atoms with E-state index in [0.717, 1.165) is 21.3 Å². The zero-order chi connectivity index (χ0) is 16.6. The third kappa shape index (κ3) is 2.94. The van der Waals surface area contributed by atoms with Crippen LogP contribution in [0.2, 0.25) is 5.02 Å². The van der Waals surface area contributed by atoms with E-state index in [0.29, 0.717) is 22.1 Å². The SMILES string of the molecule is COc1cc(Br)c(/C=C2\C(=O)Nc3ccc(Cl)cc32)cc1OC. The Hall–Kier alpha value is -1.98. The van der Waals surface area contributed by atoms with Crippen LogP contribution in [-0.2, 0) is 4.79 Å². The number of amides is 1. The van der Waals surface area contributed by atoms with Gasteiger partial charge in [-0.2, -0.15) is 0 Å². The molecule has 0 radical (unpaired) electrons. The average molecular weight is 395 g/mol. The molecule has 3 rings (SSSR count). The van der Waals surface area contributed by atoms with Gasteiger partial charge in [-0.3, -0.25) is 4.79 Å². The van der Waals surface area contributed by atoms with Crippen molar-refractivity contribution in [1.29, 1.82) is 0 Å². The number of halogens is 2. The quantitative estimate of drug-likeness (QED) is 0.773. The topological polar surface area (TPSA) is 47.6 Å². The number of rotatable bonds is 3. The number of benzene rings is 2. The van der Waals surface area contributed by atoms with E-state index >= 15 is 0 Å². The molecule has 0 bridgehead atoms. The molecule has 23 heavy (non-hydrogen) atoms. The lowest BCUT2D eigenvalue weighted by atomic mass is 10.0. The van der Waals surface area contributed by atoms with Crippen molar-refractivity contribution in [2.45, 2.75) is 0 Å². The number of nitrogens with one attached hydrogen (secondary N) is 1. The highest BCUT2D eigenvalue weighted by molar-refractivity contribution is 9.10. The Kier molecular flexibility index (Phi) is 4.33. The first-order valence-corrected chi connectivity index (χ1v) is 7.95. The van der Waals surface area contributed by atoms with Gasteiger partial charge in [0.1, 0.15) is 0 Å². The fourth-order valence-electron chi connectivity index (χ4n) is 2.44. The summed E-state index contributed by atoms with van der Waals surface area (Å²) >= 11 is 9.54. The van der Waals surface area contributed by atoms with Gasteiger partial charge in [-0.1, -0.05) is 27.5 Å². The molecule has 0 unspecified atom stereocenters. The van der Waals surface area contributed by atoms with Crippen molar-refractivity contribution in [3.63, 3.8) is 0 Å². The summed E-state index contributed by atoms with van der Waals surface area (Å²) in [5.41, 5.74) is 2.89. The van der Waals surface area contributed by atoms with Crippen LogP contribution in [0.25, 0.3) is 11.6 Å². The van der Waals surface area contributed by atoms with Crippen molar-refractivity contribution in [2.75, 3.05) is 19.5 Å². The monoisotopic (exact) mass is 393 g/mol. The lowest BCUT2D eigenvalue weighted by Gasteiger charge is -2.10. The molecule has 1 aliphatic heterocycles. The maximum absolute atomic E-state index is 12.2. The van der Waals surface area contributed by atoms with Crippen molar-refractivity contribution in [2.24, 2.45) is 0 Å². The Morgan fingerprint density at radius 1 is 1.13 bits per heavy atom. The Bertz CT molecular complexity index is 833. The molecule has 1 aliphatic rings. The molecule has 2 aromatic carbocycles. The summed E-state index contributed by atoms with van der Waals surface area (Å²) in [6.45, 7) is 0. The van der Waals surface area contributed by atoms with Gasteiger partial charge in [0.25, 0.3) is 5.91 Å². The van der Waals surface area contributed by atoms with Crippen molar-refractivity contribution in [3.8, 4) is 11.5 Å². The average Bonchev–Trinajstić information content (AvgIpc) is 2.84. The standard InChI is InChI=1S/C17H13BrClNO3/c1-22-15-6-9(13(18)8-16(15)23-2)5-12-11-7-10(19)3-4-14(11)20-17(12)21/h3-8H,1-2H3,(H,20,21)/b12-5-. The molecule has 0 atom stereocenters. The smallest absolute Gasteiger partial charge is 0.256 e. The van der Waals surface area contributed by atoms with Crippen LogP contribution in [0.1, 0.15) is 11.1 Å². The molecule has 118 valence electrons. The van der Waals surface area contributed by atoms with E-state index in [4.69, 9.17) is 21.1 Å². The second-order valence-electron chi connectivity index (χ2n) is 4.93. The highest BCUT2D eigenvalue weighted by Crippen LogP contribution is 2.38. The maximum atomic E-state index is 12.2. The Labute approximate surface area is 147 Å². The number of carbonyl (C=O) groups is 1. The Morgan fingerprint density at radius 3 is 2.52 bits per heavy atom. The number of anilines is 1. The van der Waals surface area contributed by atoms with Crippen LogP contribution >= 0.6 is 27.5 Å². The third-order valence-electron chi connectivity index (χ3n) is 3.57. The predicted molar refractivity (Wildman–Crippen MR) is 95.2 cm³/mol. The number of hydrogen-bond donors (Lipinski definition) is 1. The molecule has 2 aromatic rings. The molecule has 1 N–H and O–H groups in total. The molecule has 0 saturated carbocycles. The van der Waals surface area contributed by atoms with Crippen LogP contribution in [-0.4, -0.2) is 20.1 Å². The first-order chi connectivity index (χ1) is 11.0. The van der Waals surface area contributed by atoms with E-state index in [1.54, 1.807) is 44.6 Å². The summed E-state index contributed by atoms with van der Waals surface area (Å²) in [5.74, 6) is 1.04. The van der Waals surface area contributed by atoms with E-state index in [1.165, 1.54) is 0 Å². The van der Waals surface area contributed by atoms with Crippen molar-refractivity contribution in [1.82, 2.24) is 0 Å². The Balaban J connectivity index is 2.13. The van der Waals surface area contributed by atoms with Gasteiger partial charge < -0.3 is 14.8 Å². The lowest BCUT2D eigenvalue weighted by Crippen LogP contribution is -2.03. The molecule has 0 saturated heterocycles. The third-order valence-corrected chi connectivity index (χ3v) is 4.49. The minimum atomic E-state index is -0.163. The van der Waals surface area contributed by atoms with Gasteiger partial charge >= 0.3 is 0 Å². The number of fused-ring (bicyclic) bond motifs is 1. The molecular formula is C17H13BrClNO3. The van der Waals surface area contributed by atoms with Gasteiger partial charge in [-0.05, 0) is 42.0 Å². The molecule has 0 spiro atoms. The number of hydrogen-bond acceptors (Lipinski definition) is 3. The summed E-state index contributed by atoms with van der Waals surface area (Å²) in [5, 5.41) is 3.41. The molecule has 1 heterocycles. The second-order valence-corrected chi connectivity index (χ2v) is 6.22. The van der Waals surface area contributed by atoms with Crippen LogP contribution in [0.3, 0.4) is 0 Å². The molecule has 0 fully saturated rings. The summed E-state index contributed by atoms with van der Waals surface area (Å²) < 4.78 is 11.4. The molecule has 6 heteroatoms. The van der Waals surface area contributed by atoms with Gasteiger partial charge in [-0.15, -0.1) is 0 Å². The molecule has 0 aliphatic carbocycles. The van der Waals surface area contributed by atoms with Crippen molar-refractivity contribution < 1.29 is 14.3 Å². The van der Waals surface area contributed by atoms with Gasteiger partial charge in [0.15, 0.2) is 11.5 Å². The minimum absolute atomic E-state index is 0.163. The van der Waals surface area contributed by atoms with Gasteiger partial charge in [0.05, 0.1) is 14.2 Å². The van der Waals surface area contributed by atoms with E-state index in [2.05, 4.69) is 21.2 Å². The zero-order valence-electron chi connectivity index (χ0n) is 12.4. The zero-order valence-corrected chi connectivity index (χ0v) is 14.8. The molecule has 0 aromatic heterocycles. The van der Waals surface area contributed by atoms with Crippen LogP contribution < -0.4 is 14.8 Å². The largest absolute Gasteiger partial charge is 0.493 e. The van der Waals surface area contributed by atoms with Gasteiger partial charge in [0, 0.05) is 26.3 Å². The van der Waals surface area contributed by atoms with Crippen molar-refractivity contribution >= 4 is 50.8 Å². The van der Waals surface area contributed by atoms with Crippen LogP contribution in [0, 0.1) is 0 Å². The fraction of sp³-hybridized carbons (Fsp3) is 0.118. The number of carbonyl (C=O) groups excluding carboxylic acids is 1. The summed E-state index contributed by atoms with van der Waals surface area (Å²) in [4.78, 5) is 12.2. The van der Waals surface area contributed by atoms with Crippen LogP contribution in [0.15, 0.2) is 34.8 Å². The van der Waals surface area contributed by atoms with E-state index < -0.39 is 0 Å². The Morgan fingerprint density at radius 2 is 1.83 bits per heavy atom. The van der Waals surface area contributed by atoms with E-state index in [9.17, 15) is 4.79 Å². The van der Waals surface area contributed by atoms with E-state index in [-0.39, 0.29) is 5.91 Å². The van der Waals surface area contributed by atoms with Gasteiger partial charge in [0.2, 0.25) is 0 Å². The second kappa shape index (κ2) is 6.26. The fourth-order valence-corrected chi connectivity index (χ4v) is 3.05. The highest BCUT2D eigenvalue weighted by atomic mass is 79.9. The number of ether oxygens (including phenoxy) is 2. The predicted octanol–water partition coefficient (Wildman–Crippen LogP) is 4.61. The normalized spacial score (nSPS) is 14.6. The van der Waals surface area contributed by atoms with Crippen molar-refractivity contribution in [3.05, 3.63) is 51.0 Å². The molecule has 1 amide bonds. The van der Waals surface area contributed by atoms with Gasteiger partial charge in [-0.25, -0.2) is 0 Å². The number of methoxy groups -OCH3 is 2. The van der Waals surface area contributed by atoms with E-state index in [1.807, 2.05) is 6.07 Å². The minimum Gasteiger partial charge on any atom is -0.493 e. The molecule has 4 nitrogen and oxygen atoms in total. The van der Waals surface area contributed by atoms with Crippen LogP contribution in [0.5, 0.6) is 11.5 Å². The summed E-state index contributed by atoms with van der Waals surface area (Å²) in [6, 6.07) is 8.92. The summed E-state index contributed by atoms with van der Waals surface area (Å²) in [6.07, 6.45) is 1.80. The summed E-state index contributed by atoms with van der Waals surface area (Å²) in [7, 11) is 3.14. The first kappa shape index (κ1) is 15.9. The lowest BCUT2D eigenvalue weighted by molar-refractivity contribution is -0.110. The first-order valence-electron chi connectivity index (χ1n) is 6.78.